The molecule has 7 nitrogen and oxygen atoms in total. The number of fused-ring (bicyclic) bond motifs is 1. The van der Waals surface area contributed by atoms with Crippen molar-refractivity contribution in [3.63, 3.8) is 0 Å². The van der Waals surface area contributed by atoms with Gasteiger partial charge in [-0.05, 0) is 48.9 Å². The molecule has 34 heavy (non-hydrogen) atoms. The lowest BCUT2D eigenvalue weighted by Crippen LogP contribution is -2.38. The van der Waals surface area contributed by atoms with Crippen LogP contribution in [0.15, 0.2) is 83.9 Å². The van der Waals surface area contributed by atoms with Gasteiger partial charge in [0, 0.05) is 16.6 Å². The number of aromatic nitrogens is 1. The third kappa shape index (κ3) is 4.30. The number of ether oxygens (including phenoxy) is 1. The van der Waals surface area contributed by atoms with Crippen molar-refractivity contribution in [3.05, 3.63) is 95.1 Å². The molecular weight excluding hydrogens is 476 g/mol. The molecule has 9 heteroatoms. The molecule has 0 fully saturated rings. The van der Waals surface area contributed by atoms with E-state index in [0.29, 0.717) is 27.2 Å². The van der Waals surface area contributed by atoms with Gasteiger partial charge in [-0.3, -0.25) is 13.7 Å². The van der Waals surface area contributed by atoms with Gasteiger partial charge in [-0.25, -0.2) is 13.2 Å². The Hall–Kier alpha value is -3.62. The monoisotopic (exact) mass is 496 g/mol. The van der Waals surface area contributed by atoms with Crippen molar-refractivity contribution in [3.8, 4) is 0 Å². The Balaban J connectivity index is 1.82. The van der Waals surface area contributed by atoms with Gasteiger partial charge in [0.2, 0.25) is 0 Å². The van der Waals surface area contributed by atoms with Gasteiger partial charge < -0.3 is 4.74 Å². The van der Waals surface area contributed by atoms with E-state index in [1.54, 1.807) is 55.5 Å². The first-order chi connectivity index (χ1) is 16.2. The summed E-state index contributed by atoms with van der Waals surface area (Å²) in [6.07, 6.45) is 1.38. The number of hydrogen-bond acceptors (Lipinski definition) is 5. The Morgan fingerprint density at radius 2 is 1.62 bits per heavy atom. The second-order valence-electron chi connectivity index (χ2n) is 7.57. The number of rotatable bonds is 6. The van der Waals surface area contributed by atoms with Gasteiger partial charge in [0.15, 0.2) is 0 Å². The number of methoxy groups -OCH3 is 1. The lowest BCUT2D eigenvalue weighted by atomic mass is 10.2. The second kappa shape index (κ2) is 9.32. The summed E-state index contributed by atoms with van der Waals surface area (Å²) in [4.78, 5) is 25.8. The predicted molar refractivity (Wildman–Crippen MR) is 131 cm³/mol. The Morgan fingerprint density at radius 1 is 0.971 bits per heavy atom. The number of carbonyl (C=O) groups excluding carboxylic acids is 2. The van der Waals surface area contributed by atoms with Crippen molar-refractivity contribution in [2.24, 2.45) is 0 Å². The van der Waals surface area contributed by atoms with Crippen molar-refractivity contribution in [1.29, 1.82) is 0 Å². The Labute approximate surface area is 202 Å². The molecule has 0 saturated heterocycles. The van der Waals surface area contributed by atoms with Crippen LogP contribution in [-0.2, 0) is 14.8 Å². The number of hydrogen-bond donors (Lipinski definition) is 0. The molecule has 0 aliphatic carbocycles. The van der Waals surface area contributed by atoms with Crippen LogP contribution < -0.4 is 4.31 Å². The number of benzene rings is 3. The fourth-order valence-corrected chi connectivity index (χ4v) is 5.34. The van der Waals surface area contributed by atoms with Gasteiger partial charge >= 0.3 is 5.97 Å². The molecule has 0 unspecified atom stereocenters. The lowest BCUT2D eigenvalue weighted by molar-refractivity contribution is 0.0603. The molecule has 0 radical (unpaired) electrons. The van der Waals surface area contributed by atoms with Gasteiger partial charge in [-0.15, -0.1) is 0 Å². The standard InChI is InChI=1S/C25H21ClN2O5S/c1-17-7-3-5-9-22(17)28(34(31,32)19-13-11-18(26)12-14-19)16-24(29)27-15-21(25(30)33-2)20-8-4-6-10-23(20)27/h3-15H,16H2,1-2H3. The maximum atomic E-state index is 13.6. The Kier molecular flexibility index (Phi) is 6.45. The van der Waals surface area contributed by atoms with Crippen molar-refractivity contribution >= 4 is 50.1 Å². The summed E-state index contributed by atoms with van der Waals surface area (Å²) >= 11 is 5.94. The highest BCUT2D eigenvalue weighted by atomic mass is 35.5. The molecule has 0 spiro atoms. The maximum absolute atomic E-state index is 13.6. The van der Waals surface area contributed by atoms with E-state index in [-0.39, 0.29) is 10.5 Å². The molecule has 0 atom stereocenters. The number of halogens is 1. The van der Waals surface area contributed by atoms with Gasteiger partial charge in [0.05, 0.1) is 28.8 Å². The summed E-state index contributed by atoms with van der Waals surface area (Å²) in [6, 6.07) is 19.5. The minimum Gasteiger partial charge on any atom is -0.465 e. The number of carbonyl (C=O) groups is 2. The number of aryl methyl sites for hydroxylation is 1. The highest BCUT2D eigenvalue weighted by Crippen LogP contribution is 2.28. The molecule has 3 aromatic carbocycles. The van der Waals surface area contributed by atoms with E-state index in [0.717, 1.165) is 4.31 Å². The fraction of sp³-hybridized carbons (Fsp3) is 0.120. The average molecular weight is 497 g/mol. The number of para-hydroxylation sites is 2. The lowest BCUT2D eigenvalue weighted by Gasteiger charge is -2.25. The summed E-state index contributed by atoms with van der Waals surface area (Å²) < 4.78 is 34.5. The first kappa shape index (κ1) is 23.5. The zero-order valence-electron chi connectivity index (χ0n) is 18.4. The van der Waals surface area contributed by atoms with Crippen molar-refractivity contribution in [1.82, 2.24) is 4.57 Å². The van der Waals surface area contributed by atoms with Crippen molar-refractivity contribution in [2.45, 2.75) is 11.8 Å². The van der Waals surface area contributed by atoms with E-state index in [4.69, 9.17) is 16.3 Å². The van der Waals surface area contributed by atoms with Crippen LogP contribution in [0.25, 0.3) is 10.9 Å². The van der Waals surface area contributed by atoms with Gasteiger partial charge in [0.25, 0.3) is 15.9 Å². The molecule has 0 aliphatic heterocycles. The number of esters is 1. The molecular formula is C25H21ClN2O5S. The first-order valence-electron chi connectivity index (χ1n) is 10.3. The SMILES string of the molecule is COC(=O)c1cn(C(=O)CN(c2ccccc2C)S(=O)(=O)c2ccc(Cl)cc2)c2ccccc12. The molecule has 174 valence electrons. The van der Waals surface area contributed by atoms with E-state index < -0.39 is 28.4 Å². The van der Waals surface area contributed by atoms with Crippen LogP contribution in [0, 0.1) is 6.92 Å². The van der Waals surface area contributed by atoms with E-state index in [1.807, 2.05) is 0 Å². The van der Waals surface area contributed by atoms with Gasteiger partial charge in [0.1, 0.15) is 6.54 Å². The average Bonchev–Trinajstić information content (AvgIpc) is 3.22. The van der Waals surface area contributed by atoms with E-state index in [1.165, 1.54) is 42.1 Å². The van der Waals surface area contributed by atoms with Crippen LogP contribution in [0.1, 0.15) is 20.7 Å². The van der Waals surface area contributed by atoms with Crippen LogP contribution in [0.3, 0.4) is 0 Å². The highest BCUT2D eigenvalue weighted by molar-refractivity contribution is 7.92. The van der Waals surface area contributed by atoms with Crippen LogP contribution in [0.2, 0.25) is 5.02 Å². The summed E-state index contributed by atoms with van der Waals surface area (Å²) in [5, 5.41) is 0.928. The molecule has 0 amide bonds. The topological polar surface area (TPSA) is 85.7 Å². The van der Waals surface area contributed by atoms with Crippen molar-refractivity contribution < 1.29 is 22.7 Å². The zero-order chi connectivity index (χ0) is 24.5. The highest BCUT2D eigenvalue weighted by Gasteiger charge is 2.29. The van der Waals surface area contributed by atoms with Crippen molar-refractivity contribution in [2.75, 3.05) is 18.0 Å². The summed E-state index contributed by atoms with van der Waals surface area (Å²) in [6.45, 7) is 1.28. The van der Waals surface area contributed by atoms with Gasteiger partial charge in [-0.1, -0.05) is 48.0 Å². The normalized spacial score (nSPS) is 11.4. The molecule has 4 aromatic rings. The van der Waals surface area contributed by atoms with Crippen LogP contribution >= 0.6 is 11.6 Å². The minimum absolute atomic E-state index is 0.000525. The Bertz CT molecular complexity index is 1490. The molecule has 0 bridgehead atoms. The van der Waals surface area contributed by atoms with Crippen LogP contribution in [-0.4, -0.2) is 38.5 Å². The minimum atomic E-state index is -4.12. The number of sulfonamides is 1. The number of nitrogens with zero attached hydrogens (tertiary/aromatic N) is 2. The zero-order valence-corrected chi connectivity index (χ0v) is 20.0. The third-order valence-corrected chi connectivity index (χ3v) is 7.48. The summed E-state index contributed by atoms with van der Waals surface area (Å²) in [5.41, 5.74) is 1.74. The van der Waals surface area contributed by atoms with Crippen LogP contribution in [0.4, 0.5) is 5.69 Å². The van der Waals surface area contributed by atoms with Gasteiger partial charge in [-0.2, -0.15) is 0 Å². The first-order valence-corrected chi connectivity index (χ1v) is 12.1. The predicted octanol–water partition coefficient (Wildman–Crippen LogP) is 4.93. The van der Waals surface area contributed by atoms with E-state index >= 15 is 0 Å². The quantitative estimate of drug-likeness (QED) is 0.353. The molecule has 0 aliphatic rings. The summed E-state index contributed by atoms with van der Waals surface area (Å²) in [7, 11) is -2.86. The fourth-order valence-electron chi connectivity index (χ4n) is 3.73. The smallest absolute Gasteiger partial charge is 0.340 e. The Morgan fingerprint density at radius 3 is 2.29 bits per heavy atom. The van der Waals surface area contributed by atoms with E-state index in [9.17, 15) is 18.0 Å². The second-order valence-corrected chi connectivity index (χ2v) is 9.87. The number of anilines is 1. The molecule has 0 saturated carbocycles. The maximum Gasteiger partial charge on any atom is 0.340 e. The van der Waals surface area contributed by atoms with Crippen LogP contribution in [0.5, 0.6) is 0 Å². The third-order valence-electron chi connectivity index (χ3n) is 5.45. The van der Waals surface area contributed by atoms with E-state index in [2.05, 4.69) is 0 Å². The molecule has 1 heterocycles. The largest absolute Gasteiger partial charge is 0.465 e. The summed E-state index contributed by atoms with van der Waals surface area (Å²) in [5.74, 6) is -1.13. The molecule has 1 aromatic heterocycles. The molecule has 4 rings (SSSR count). The molecule has 0 N–H and O–H groups in total.